The fraction of sp³-hybridized carbons (Fsp3) is 0.278. The molecule has 1 amide bonds. The number of ether oxygens (including phenoxy) is 1. The van der Waals surface area contributed by atoms with Crippen LogP contribution in [0.25, 0.3) is 0 Å². The van der Waals surface area contributed by atoms with Crippen LogP contribution < -0.4 is 14.4 Å². The van der Waals surface area contributed by atoms with Crippen molar-refractivity contribution in [1.82, 2.24) is 0 Å². The second-order valence-corrected chi connectivity index (χ2v) is 8.25. The van der Waals surface area contributed by atoms with Gasteiger partial charge in [-0.3, -0.25) is 9.10 Å². The van der Waals surface area contributed by atoms with E-state index in [1.54, 1.807) is 24.3 Å². The zero-order chi connectivity index (χ0) is 21.8. The van der Waals surface area contributed by atoms with Crippen molar-refractivity contribution < 1.29 is 31.1 Å². The largest absolute Gasteiger partial charge is 0.494 e. The first-order chi connectivity index (χ1) is 13.4. The topological polar surface area (TPSA) is 75.7 Å². The van der Waals surface area contributed by atoms with Crippen LogP contribution in [-0.4, -0.2) is 33.7 Å². The highest BCUT2D eigenvalue weighted by Crippen LogP contribution is 2.36. The summed E-state index contributed by atoms with van der Waals surface area (Å²) in [5.74, 6) is -0.174. The normalized spacial score (nSPS) is 11.8. The molecule has 0 aliphatic heterocycles. The molecule has 0 unspecified atom stereocenters. The maximum atomic E-state index is 13.0. The van der Waals surface area contributed by atoms with Crippen molar-refractivity contribution in [2.45, 2.75) is 13.1 Å². The Balaban J connectivity index is 2.27. The molecule has 158 valence electrons. The SMILES string of the molecule is CCOc1ccc(NC(=O)CN(c2cc(C(F)(F)F)ccc2Cl)S(C)(=O)=O)cc1. The fourth-order valence-electron chi connectivity index (χ4n) is 2.39. The molecule has 11 heteroatoms. The summed E-state index contributed by atoms with van der Waals surface area (Å²) >= 11 is 5.92. The van der Waals surface area contributed by atoms with Crippen LogP contribution >= 0.6 is 11.6 Å². The fourth-order valence-corrected chi connectivity index (χ4v) is 3.52. The lowest BCUT2D eigenvalue weighted by Gasteiger charge is -2.24. The minimum atomic E-state index is -4.70. The maximum absolute atomic E-state index is 13.0. The van der Waals surface area contributed by atoms with E-state index in [-0.39, 0.29) is 5.02 Å². The van der Waals surface area contributed by atoms with Crippen LogP contribution in [0.15, 0.2) is 42.5 Å². The second kappa shape index (κ2) is 8.91. The van der Waals surface area contributed by atoms with Gasteiger partial charge < -0.3 is 10.1 Å². The zero-order valence-corrected chi connectivity index (χ0v) is 17.0. The van der Waals surface area contributed by atoms with E-state index in [9.17, 15) is 26.4 Å². The highest BCUT2D eigenvalue weighted by atomic mass is 35.5. The van der Waals surface area contributed by atoms with E-state index in [0.717, 1.165) is 18.4 Å². The number of alkyl halides is 3. The monoisotopic (exact) mass is 450 g/mol. The Morgan fingerprint density at radius 3 is 2.31 bits per heavy atom. The van der Waals surface area contributed by atoms with Gasteiger partial charge in [0.15, 0.2) is 0 Å². The van der Waals surface area contributed by atoms with E-state index < -0.39 is 39.9 Å². The molecule has 2 aromatic rings. The van der Waals surface area contributed by atoms with Gasteiger partial charge in [0.1, 0.15) is 12.3 Å². The van der Waals surface area contributed by atoms with Gasteiger partial charge in [0.05, 0.1) is 29.1 Å². The molecule has 0 heterocycles. The number of hydrogen-bond donors (Lipinski definition) is 1. The third kappa shape index (κ3) is 6.26. The second-order valence-electron chi connectivity index (χ2n) is 5.94. The molecule has 0 aromatic heterocycles. The molecule has 0 aliphatic carbocycles. The van der Waals surface area contributed by atoms with Gasteiger partial charge in [0.2, 0.25) is 15.9 Å². The summed E-state index contributed by atoms with van der Waals surface area (Å²) in [4.78, 5) is 12.3. The summed E-state index contributed by atoms with van der Waals surface area (Å²) in [6.07, 6.45) is -3.93. The summed E-state index contributed by atoms with van der Waals surface area (Å²) in [5.41, 5.74) is -1.16. The van der Waals surface area contributed by atoms with Gasteiger partial charge >= 0.3 is 6.18 Å². The predicted molar refractivity (Wildman–Crippen MR) is 105 cm³/mol. The Bertz CT molecular complexity index is 980. The lowest BCUT2D eigenvalue weighted by atomic mass is 10.2. The van der Waals surface area contributed by atoms with Crippen LogP contribution in [0, 0.1) is 0 Å². The highest BCUT2D eigenvalue weighted by molar-refractivity contribution is 7.92. The van der Waals surface area contributed by atoms with E-state index in [0.29, 0.717) is 28.4 Å². The van der Waals surface area contributed by atoms with E-state index in [2.05, 4.69) is 5.32 Å². The van der Waals surface area contributed by atoms with Gasteiger partial charge in [0, 0.05) is 5.69 Å². The van der Waals surface area contributed by atoms with Crippen molar-refractivity contribution in [3.8, 4) is 5.75 Å². The molecule has 6 nitrogen and oxygen atoms in total. The number of anilines is 2. The summed E-state index contributed by atoms with van der Waals surface area (Å²) in [6.45, 7) is 1.52. The molecular formula is C18H18ClF3N2O4S. The van der Waals surface area contributed by atoms with E-state index >= 15 is 0 Å². The standard InChI is InChI=1S/C18H18ClF3N2O4S/c1-3-28-14-7-5-13(6-8-14)23-17(25)11-24(29(2,26)27)16-10-12(18(20,21)22)4-9-15(16)19/h4-10H,3,11H2,1-2H3,(H,23,25). The third-order valence-electron chi connectivity index (χ3n) is 3.68. The number of halogens is 4. The van der Waals surface area contributed by atoms with Crippen LogP contribution in [0.2, 0.25) is 5.02 Å². The summed E-state index contributed by atoms with van der Waals surface area (Å²) in [6, 6.07) is 8.56. The van der Waals surface area contributed by atoms with Crippen molar-refractivity contribution in [2.75, 3.05) is 29.0 Å². The number of hydrogen-bond acceptors (Lipinski definition) is 4. The van der Waals surface area contributed by atoms with Crippen LogP contribution in [0.4, 0.5) is 24.5 Å². The van der Waals surface area contributed by atoms with Gasteiger partial charge in [-0.15, -0.1) is 0 Å². The molecule has 0 aliphatic rings. The molecule has 1 N–H and O–H groups in total. The van der Waals surface area contributed by atoms with Gasteiger partial charge in [-0.1, -0.05) is 11.6 Å². The van der Waals surface area contributed by atoms with Crippen molar-refractivity contribution in [1.29, 1.82) is 0 Å². The minimum absolute atomic E-state index is 0.239. The van der Waals surface area contributed by atoms with E-state index in [4.69, 9.17) is 16.3 Å². The number of rotatable bonds is 7. The van der Waals surface area contributed by atoms with Gasteiger partial charge in [-0.25, -0.2) is 8.42 Å². The number of amides is 1. The van der Waals surface area contributed by atoms with E-state index in [1.807, 2.05) is 6.92 Å². The van der Waals surface area contributed by atoms with Crippen LogP contribution in [0.5, 0.6) is 5.75 Å². The first kappa shape index (κ1) is 22.8. The molecule has 0 spiro atoms. The smallest absolute Gasteiger partial charge is 0.416 e. The molecule has 0 atom stereocenters. The number of carbonyl (C=O) groups is 1. The minimum Gasteiger partial charge on any atom is -0.494 e. The quantitative estimate of drug-likeness (QED) is 0.687. The highest BCUT2D eigenvalue weighted by Gasteiger charge is 2.33. The average molecular weight is 451 g/mol. The van der Waals surface area contributed by atoms with Crippen LogP contribution in [0.3, 0.4) is 0 Å². The Hall–Kier alpha value is -2.46. The molecule has 29 heavy (non-hydrogen) atoms. The Morgan fingerprint density at radius 2 is 1.79 bits per heavy atom. The van der Waals surface area contributed by atoms with Crippen molar-refractivity contribution >= 4 is 38.9 Å². The maximum Gasteiger partial charge on any atom is 0.416 e. The number of nitrogens with one attached hydrogen (secondary N) is 1. The lowest BCUT2D eigenvalue weighted by Crippen LogP contribution is -2.37. The number of carbonyl (C=O) groups excluding carboxylic acids is 1. The van der Waals surface area contributed by atoms with E-state index in [1.165, 1.54) is 0 Å². The Kier molecular flexibility index (Phi) is 7.02. The molecule has 0 saturated heterocycles. The summed E-state index contributed by atoms with van der Waals surface area (Å²) in [5, 5.41) is 2.24. The molecule has 0 bridgehead atoms. The summed E-state index contributed by atoms with van der Waals surface area (Å²) < 4.78 is 69.1. The first-order valence-corrected chi connectivity index (χ1v) is 10.5. The van der Waals surface area contributed by atoms with Gasteiger partial charge in [0.25, 0.3) is 0 Å². The van der Waals surface area contributed by atoms with Gasteiger partial charge in [-0.05, 0) is 49.4 Å². The molecule has 0 saturated carbocycles. The molecule has 0 radical (unpaired) electrons. The molecule has 0 fully saturated rings. The first-order valence-electron chi connectivity index (χ1n) is 8.29. The van der Waals surface area contributed by atoms with Crippen LogP contribution in [-0.2, 0) is 21.0 Å². The van der Waals surface area contributed by atoms with Crippen molar-refractivity contribution in [3.05, 3.63) is 53.1 Å². The van der Waals surface area contributed by atoms with Gasteiger partial charge in [-0.2, -0.15) is 13.2 Å². The zero-order valence-electron chi connectivity index (χ0n) is 15.5. The molecule has 2 rings (SSSR count). The number of benzene rings is 2. The van der Waals surface area contributed by atoms with Crippen molar-refractivity contribution in [3.63, 3.8) is 0 Å². The Morgan fingerprint density at radius 1 is 1.17 bits per heavy atom. The Labute approximate surface area is 171 Å². The molecule has 2 aromatic carbocycles. The predicted octanol–water partition coefficient (Wildman–Crippen LogP) is 4.16. The summed E-state index contributed by atoms with van der Waals surface area (Å²) in [7, 11) is -4.10. The third-order valence-corrected chi connectivity index (χ3v) is 5.12. The number of sulfonamides is 1. The number of nitrogens with zero attached hydrogens (tertiary/aromatic N) is 1. The lowest BCUT2D eigenvalue weighted by molar-refractivity contribution is -0.137. The van der Waals surface area contributed by atoms with Crippen molar-refractivity contribution in [2.24, 2.45) is 0 Å². The average Bonchev–Trinajstić information content (AvgIpc) is 2.60. The van der Waals surface area contributed by atoms with Crippen LogP contribution in [0.1, 0.15) is 12.5 Å². The molecular weight excluding hydrogens is 433 g/mol.